The van der Waals surface area contributed by atoms with Gasteiger partial charge in [-0.2, -0.15) is 0 Å². The molecule has 1 atom stereocenters. The van der Waals surface area contributed by atoms with E-state index in [0.29, 0.717) is 5.75 Å². The summed E-state index contributed by atoms with van der Waals surface area (Å²) in [4.78, 5) is 22.9. The van der Waals surface area contributed by atoms with Crippen LogP contribution < -0.4 is 10.1 Å². The predicted octanol–water partition coefficient (Wildman–Crippen LogP) is 2.03. The van der Waals surface area contributed by atoms with Crippen LogP contribution in [-0.4, -0.2) is 22.7 Å². The quantitative estimate of drug-likeness (QED) is 0.856. The van der Waals surface area contributed by atoms with Crippen molar-refractivity contribution >= 4 is 12.1 Å². The predicted molar refractivity (Wildman–Crippen MR) is 64.4 cm³/mol. The second-order valence-corrected chi connectivity index (χ2v) is 4.61. The lowest BCUT2D eigenvalue weighted by atomic mass is 9.96. The van der Waals surface area contributed by atoms with Gasteiger partial charge >= 0.3 is 12.1 Å². The zero-order chi connectivity index (χ0) is 13.2. The van der Waals surface area contributed by atoms with E-state index in [1.54, 1.807) is 30.3 Å². The van der Waals surface area contributed by atoms with Crippen molar-refractivity contribution in [1.29, 1.82) is 0 Å². The average Bonchev–Trinajstić information content (AvgIpc) is 3.13. The van der Waals surface area contributed by atoms with Crippen LogP contribution in [0, 0.1) is 5.92 Å². The molecule has 1 fully saturated rings. The number of hydrogen-bond acceptors (Lipinski definition) is 3. The summed E-state index contributed by atoms with van der Waals surface area (Å²) in [7, 11) is 0. The molecule has 0 spiro atoms. The van der Waals surface area contributed by atoms with Crippen LogP contribution in [0.15, 0.2) is 30.3 Å². The maximum Gasteiger partial charge on any atom is 0.413 e. The number of aliphatic carboxylic acids is 1. The fourth-order valence-electron chi connectivity index (χ4n) is 1.82. The Kier molecular flexibility index (Phi) is 3.23. The first-order valence-electron chi connectivity index (χ1n) is 5.81. The molecule has 5 nitrogen and oxygen atoms in total. The average molecular weight is 249 g/mol. The summed E-state index contributed by atoms with van der Waals surface area (Å²) >= 11 is 0. The number of para-hydroxylation sites is 1. The summed E-state index contributed by atoms with van der Waals surface area (Å²) in [6.45, 7) is 1.51. The van der Waals surface area contributed by atoms with E-state index in [1.165, 1.54) is 6.92 Å². The monoisotopic (exact) mass is 249 g/mol. The largest absolute Gasteiger partial charge is 0.480 e. The molecule has 0 radical (unpaired) electrons. The van der Waals surface area contributed by atoms with Crippen molar-refractivity contribution in [3.8, 4) is 5.75 Å². The molecule has 18 heavy (non-hydrogen) atoms. The molecule has 2 N–H and O–H groups in total. The lowest BCUT2D eigenvalue weighted by Crippen LogP contribution is -2.54. The Balaban J connectivity index is 2.00. The van der Waals surface area contributed by atoms with Crippen LogP contribution in [-0.2, 0) is 4.79 Å². The molecule has 1 aromatic rings. The van der Waals surface area contributed by atoms with Crippen LogP contribution in [0.1, 0.15) is 19.8 Å². The third-order valence-corrected chi connectivity index (χ3v) is 3.15. The summed E-state index contributed by atoms with van der Waals surface area (Å²) < 4.78 is 5.02. The number of carbonyl (C=O) groups excluding carboxylic acids is 1. The van der Waals surface area contributed by atoms with Crippen LogP contribution in [0.4, 0.5) is 4.79 Å². The van der Waals surface area contributed by atoms with Gasteiger partial charge in [0.15, 0.2) is 0 Å². The Morgan fingerprint density at radius 2 is 1.94 bits per heavy atom. The van der Waals surface area contributed by atoms with Crippen molar-refractivity contribution in [3.05, 3.63) is 30.3 Å². The first-order chi connectivity index (χ1) is 8.52. The van der Waals surface area contributed by atoms with Crippen molar-refractivity contribution in [3.63, 3.8) is 0 Å². The molecule has 2 rings (SSSR count). The second kappa shape index (κ2) is 4.68. The third-order valence-electron chi connectivity index (χ3n) is 3.15. The van der Waals surface area contributed by atoms with Gasteiger partial charge in [0, 0.05) is 0 Å². The van der Waals surface area contributed by atoms with Gasteiger partial charge in [0.25, 0.3) is 0 Å². The number of carboxylic acids is 1. The zero-order valence-electron chi connectivity index (χ0n) is 10.1. The number of hydrogen-bond donors (Lipinski definition) is 2. The molecule has 5 heteroatoms. The molecule has 0 bridgehead atoms. The topological polar surface area (TPSA) is 75.6 Å². The van der Waals surface area contributed by atoms with Gasteiger partial charge in [-0.1, -0.05) is 18.2 Å². The van der Waals surface area contributed by atoms with E-state index in [1.807, 2.05) is 0 Å². The van der Waals surface area contributed by atoms with Gasteiger partial charge in [-0.3, -0.25) is 0 Å². The van der Waals surface area contributed by atoms with Gasteiger partial charge in [-0.05, 0) is 37.8 Å². The minimum absolute atomic E-state index is 0.0154. The highest BCUT2D eigenvalue weighted by Crippen LogP contribution is 2.39. The van der Waals surface area contributed by atoms with Crippen LogP contribution in [0.3, 0.4) is 0 Å². The first-order valence-corrected chi connectivity index (χ1v) is 5.81. The Morgan fingerprint density at radius 1 is 1.33 bits per heavy atom. The third kappa shape index (κ3) is 2.61. The standard InChI is InChI=1S/C13H15NO4/c1-13(11(15)16,9-7-8-9)14-12(17)18-10-5-3-2-4-6-10/h2-6,9H,7-8H2,1H3,(H,14,17)(H,15,16). The number of nitrogens with one attached hydrogen (secondary N) is 1. The molecular formula is C13H15NO4. The molecule has 1 unspecified atom stereocenters. The van der Waals surface area contributed by atoms with E-state index in [0.717, 1.165) is 12.8 Å². The fraction of sp³-hybridized carbons (Fsp3) is 0.385. The molecule has 0 heterocycles. The Hall–Kier alpha value is -2.04. The van der Waals surface area contributed by atoms with Crippen LogP contribution in [0.25, 0.3) is 0 Å². The van der Waals surface area contributed by atoms with Crippen LogP contribution in [0.2, 0.25) is 0 Å². The molecule has 1 amide bonds. The molecule has 0 saturated heterocycles. The van der Waals surface area contributed by atoms with Crippen molar-refractivity contribution in [2.24, 2.45) is 5.92 Å². The lowest BCUT2D eigenvalue weighted by Gasteiger charge is -2.25. The Labute approximate surface area is 105 Å². The van der Waals surface area contributed by atoms with Gasteiger partial charge in [0.05, 0.1) is 0 Å². The van der Waals surface area contributed by atoms with E-state index < -0.39 is 17.6 Å². The van der Waals surface area contributed by atoms with Crippen molar-refractivity contribution in [1.82, 2.24) is 5.32 Å². The SMILES string of the molecule is CC(NC(=O)Oc1ccccc1)(C(=O)O)C1CC1. The second-order valence-electron chi connectivity index (χ2n) is 4.61. The molecule has 1 aliphatic rings. The van der Waals surface area contributed by atoms with E-state index in [4.69, 9.17) is 4.74 Å². The molecule has 96 valence electrons. The Morgan fingerprint density at radius 3 is 2.44 bits per heavy atom. The van der Waals surface area contributed by atoms with Crippen LogP contribution in [0.5, 0.6) is 5.75 Å². The first kappa shape index (κ1) is 12.4. The van der Waals surface area contributed by atoms with Crippen molar-refractivity contribution < 1.29 is 19.4 Å². The smallest absolute Gasteiger partial charge is 0.413 e. The Bertz CT molecular complexity index is 455. The lowest BCUT2D eigenvalue weighted by molar-refractivity contribution is -0.144. The summed E-state index contributed by atoms with van der Waals surface area (Å²) in [6.07, 6.45) is 0.890. The fourth-order valence-corrected chi connectivity index (χ4v) is 1.82. The molecule has 1 aliphatic carbocycles. The van der Waals surface area contributed by atoms with Crippen LogP contribution >= 0.6 is 0 Å². The van der Waals surface area contributed by atoms with Gasteiger partial charge in [-0.25, -0.2) is 9.59 Å². The number of carbonyl (C=O) groups is 2. The van der Waals surface area contributed by atoms with E-state index in [-0.39, 0.29) is 5.92 Å². The summed E-state index contributed by atoms with van der Waals surface area (Å²) in [5.41, 5.74) is -1.24. The van der Waals surface area contributed by atoms with E-state index in [2.05, 4.69) is 5.32 Å². The van der Waals surface area contributed by atoms with Crippen molar-refractivity contribution in [2.45, 2.75) is 25.3 Å². The number of rotatable bonds is 4. The number of benzene rings is 1. The molecule has 1 saturated carbocycles. The number of carboxylic acid groups (broad SMARTS) is 1. The molecule has 0 aliphatic heterocycles. The summed E-state index contributed by atoms with van der Waals surface area (Å²) in [5.74, 6) is -0.660. The van der Waals surface area contributed by atoms with Gasteiger partial charge < -0.3 is 15.2 Å². The maximum atomic E-state index is 11.7. The van der Waals surface area contributed by atoms with Gasteiger partial charge in [-0.15, -0.1) is 0 Å². The highest BCUT2D eigenvalue weighted by Gasteiger charge is 2.49. The highest BCUT2D eigenvalue weighted by atomic mass is 16.6. The molecular weight excluding hydrogens is 234 g/mol. The minimum Gasteiger partial charge on any atom is -0.480 e. The van der Waals surface area contributed by atoms with Gasteiger partial charge in [0.1, 0.15) is 11.3 Å². The number of ether oxygens (including phenoxy) is 1. The van der Waals surface area contributed by atoms with Gasteiger partial charge in [0.2, 0.25) is 0 Å². The van der Waals surface area contributed by atoms with Crippen molar-refractivity contribution in [2.75, 3.05) is 0 Å². The normalized spacial score (nSPS) is 17.6. The summed E-state index contributed by atoms with van der Waals surface area (Å²) in [5, 5.41) is 11.6. The maximum absolute atomic E-state index is 11.7. The minimum atomic E-state index is -1.24. The molecule has 0 aromatic heterocycles. The van der Waals surface area contributed by atoms with E-state index in [9.17, 15) is 14.7 Å². The van der Waals surface area contributed by atoms with E-state index >= 15 is 0 Å². The highest BCUT2D eigenvalue weighted by molar-refractivity contribution is 5.85. The summed E-state index contributed by atoms with van der Waals surface area (Å²) in [6, 6.07) is 8.54. The zero-order valence-corrected chi connectivity index (χ0v) is 10.1. The molecule has 1 aromatic carbocycles. The number of amides is 1.